The van der Waals surface area contributed by atoms with Crippen LogP contribution in [-0.2, 0) is 9.59 Å². The van der Waals surface area contributed by atoms with Crippen LogP contribution in [0.5, 0.6) is 0 Å². The van der Waals surface area contributed by atoms with Gasteiger partial charge < -0.3 is 14.9 Å². The van der Waals surface area contributed by atoms with Gasteiger partial charge in [0.05, 0.1) is 5.92 Å². The molecule has 1 heterocycles. The highest BCUT2D eigenvalue weighted by atomic mass is 16.4. The van der Waals surface area contributed by atoms with Crippen LogP contribution in [0.4, 0.5) is 0 Å². The van der Waals surface area contributed by atoms with Gasteiger partial charge in [-0.2, -0.15) is 0 Å². The van der Waals surface area contributed by atoms with Crippen molar-refractivity contribution in [2.24, 2.45) is 5.92 Å². The number of amides is 1. The zero-order valence-corrected chi connectivity index (χ0v) is 9.27. The van der Waals surface area contributed by atoms with E-state index in [-0.39, 0.29) is 18.4 Å². The van der Waals surface area contributed by atoms with E-state index in [9.17, 15) is 9.59 Å². The second-order valence-electron chi connectivity index (χ2n) is 4.19. The first kappa shape index (κ1) is 12.0. The molecule has 5 nitrogen and oxygen atoms in total. The van der Waals surface area contributed by atoms with Gasteiger partial charge in [-0.15, -0.1) is 0 Å². The number of carboxylic acids is 1. The predicted octanol–water partition coefficient (Wildman–Crippen LogP) is -0.129. The lowest BCUT2D eigenvalue weighted by Gasteiger charge is -2.31. The van der Waals surface area contributed by atoms with E-state index in [0.717, 1.165) is 25.9 Å². The summed E-state index contributed by atoms with van der Waals surface area (Å²) in [7, 11) is 3.53. The summed E-state index contributed by atoms with van der Waals surface area (Å²) in [5.41, 5.74) is 0. The van der Waals surface area contributed by atoms with Crippen LogP contribution >= 0.6 is 0 Å². The molecule has 1 unspecified atom stereocenters. The van der Waals surface area contributed by atoms with Crippen molar-refractivity contribution in [2.45, 2.75) is 12.8 Å². The van der Waals surface area contributed by atoms with E-state index in [1.54, 1.807) is 7.05 Å². The van der Waals surface area contributed by atoms with Crippen LogP contribution < -0.4 is 0 Å². The standard InChI is InChI=1S/C10H18N2O3/c1-11-5-3-4-8(6-11)10(15)12(2)7-9(13)14/h8H,3-7H2,1-2H3,(H,13,14). The van der Waals surface area contributed by atoms with E-state index in [1.165, 1.54) is 4.90 Å². The SMILES string of the molecule is CN1CCCC(C(=O)N(C)CC(=O)O)C1. The van der Waals surface area contributed by atoms with Crippen LogP contribution in [0.2, 0.25) is 0 Å². The summed E-state index contributed by atoms with van der Waals surface area (Å²) in [6.07, 6.45) is 1.88. The molecule has 0 aromatic rings. The number of rotatable bonds is 3. The summed E-state index contributed by atoms with van der Waals surface area (Å²) in [5, 5.41) is 8.58. The van der Waals surface area contributed by atoms with Crippen molar-refractivity contribution >= 4 is 11.9 Å². The summed E-state index contributed by atoms with van der Waals surface area (Å²) >= 11 is 0. The van der Waals surface area contributed by atoms with Gasteiger partial charge in [0, 0.05) is 13.6 Å². The molecule has 1 aliphatic rings. The van der Waals surface area contributed by atoms with Gasteiger partial charge in [0.15, 0.2) is 0 Å². The Morgan fingerprint density at radius 1 is 1.53 bits per heavy atom. The summed E-state index contributed by atoms with van der Waals surface area (Å²) in [6, 6.07) is 0. The van der Waals surface area contributed by atoms with Gasteiger partial charge in [-0.1, -0.05) is 0 Å². The summed E-state index contributed by atoms with van der Waals surface area (Å²) < 4.78 is 0. The third-order valence-electron chi connectivity index (χ3n) is 2.72. The number of carbonyl (C=O) groups is 2. The van der Waals surface area contributed by atoms with Crippen molar-refractivity contribution in [2.75, 3.05) is 33.7 Å². The second-order valence-corrected chi connectivity index (χ2v) is 4.19. The van der Waals surface area contributed by atoms with E-state index in [2.05, 4.69) is 4.90 Å². The van der Waals surface area contributed by atoms with E-state index in [4.69, 9.17) is 5.11 Å². The zero-order chi connectivity index (χ0) is 11.4. The number of aliphatic carboxylic acids is 1. The van der Waals surface area contributed by atoms with Crippen molar-refractivity contribution in [3.63, 3.8) is 0 Å². The number of hydrogen-bond acceptors (Lipinski definition) is 3. The Balaban J connectivity index is 2.47. The van der Waals surface area contributed by atoms with Crippen molar-refractivity contribution in [3.05, 3.63) is 0 Å². The van der Waals surface area contributed by atoms with Crippen molar-refractivity contribution in [1.29, 1.82) is 0 Å². The van der Waals surface area contributed by atoms with Crippen LogP contribution in [-0.4, -0.2) is 60.5 Å². The molecule has 0 bridgehead atoms. The third-order valence-corrected chi connectivity index (χ3v) is 2.72. The van der Waals surface area contributed by atoms with Gasteiger partial charge in [-0.3, -0.25) is 9.59 Å². The van der Waals surface area contributed by atoms with Crippen LogP contribution in [0, 0.1) is 5.92 Å². The molecule has 0 saturated carbocycles. The van der Waals surface area contributed by atoms with Crippen molar-refractivity contribution < 1.29 is 14.7 Å². The van der Waals surface area contributed by atoms with Gasteiger partial charge >= 0.3 is 5.97 Å². The molecule has 1 fully saturated rings. The maximum Gasteiger partial charge on any atom is 0.323 e. The zero-order valence-electron chi connectivity index (χ0n) is 9.27. The number of likely N-dealkylation sites (N-methyl/N-ethyl adjacent to an activating group) is 1. The minimum Gasteiger partial charge on any atom is -0.480 e. The normalized spacial score (nSPS) is 22.4. The van der Waals surface area contributed by atoms with Crippen LogP contribution in [0.15, 0.2) is 0 Å². The monoisotopic (exact) mass is 214 g/mol. The molecule has 15 heavy (non-hydrogen) atoms. The summed E-state index contributed by atoms with van der Waals surface area (Å²) in [4.78, 5) is 25.7. The van der Waals surface area contributed by atoms with Gasteiger partial charge in [0.25, 0.3) is 0 Å². The highest BCUT2D eigenvalue weighted by molar-refractivity contribution is 5.83. The second kappa shape index (κ2) is 5.11. The molecule has 1 aliphatic heterocycles. The maximum absolute atomic E-state index is 11.8. The number of hydrogen-bond donors (Lipinski definition) is 1. The molecule has 5 heteroatoms. The number of likely N-dealkylation sites (tertiary alicyclic amines) is 1. The average Bonchev–Trinajstić information content (AvgIpc) is 2.15. The first-order valence-corrected chi connectivity index (χ1v) is 5.16. The molecule has 0 aromatic heterocycles. The molecular formula is C10H18N2O3. The average molecular weight is 214 g/mol. The third kappa shape index (κ3) is 3.51. The lowest BCUT2D eigenvalue weighted by Crippen LogP contribution is -2.43. The van der Waals surface area contributed by atoms with E-state index < -0.39 is 5.97 Å². The van der Waals surface area contributed by atoms with Crippen molar-refractivity contribution in [1.82, 2.24) is 9.80 Å². The molecule has 1 N–H and O–H groups in total. The fourth-order valence-electron chi connectivity index (χ4n) is 1.96. The maximum atomic E-state index is 11.8. The summed E-state index contributed by atoms with van der Waals surface area (Å²) in [5.74, 6) is -1.05. The Kier molecular flexibility index (Phi) is 4.08. The molecule has 1 saturated heterocycles. The topological polar surface area (TPSA) is 60.9 Å². The molecule has 0 aromatic carbocycles. The quantitative estimate of drug-likeness (QED) is 0.711. The smallest absolute Gasteiger partial charge is 0.323 e. The molecule has 1 rings (SSSR count). The fraction of sp³-hybridized carbons (Fsp3) is 0.800. The van der Waals surface area contributed by atoms with E-state index >= 15 is 0 Å². The minimum atomic E-state index is -0.963. The number of nitrogens with zero attached hydrogens (tertiary/aromatic N) is 2. The molecular weight excluding hydrogens is 196 g/mol. The Labute approximate surface area is 89.7 Å². The highest BCUT2D eigenvalue weighted by Gasteiger charge is 2.26. The molecule has 1 atom stereocenters. The molecule has 0 aliphatic carbocycles. The lowest BCUT2D eigenvalue weighted by molar-refractivity contribution is -0.145. The van der Waals surface area contributed by atoms with Crippen LogP contribution in [0.1, 0.15) is 12.8 Å². The minimum absolute atomic E-state index is 0.0342. The summed E-state index contributed by atoms with van der Waals surface area (Å²) in [6.45, 7) is 1.55. The van der Waals surface area contributed by atoms with E-state index in [1.807, 2.05) is 7.05 Å². The molecule has 1 amide bonds. The first-order valence-electron chi connectivity index (χ1n) is 5.16. The predicted molar refractivity (Wildman–Crippen MR) is 55.5 cm³/mol. The van der Waals surface area contributed by atoms with E-state index in [0.29, 0.717) is 0 Å². The Morgan fingerprint density at radius 3 is 2.73 bits per heavy atom. The van der Waals surface area contributed by atoms with Crippen LogP contribution in [0.25, 0.3) is 0 Å². The lowest BCUT2D eigenvalue weighted by atomic mass is 9.97. The molecule has 86 valence electrons. The van der Waals surface area contributed by atoms with Gasteiger partial charge in [-0.05, 0) is 26.4 Å². The Hall–Kier alpha value is -1.10. The van der Waals surface area contributed by atoms with Crippen molar-refractivity contribution in [3.8, 4) is 0 Å². The Bertz CT molecular complexity index is 255. The number of carboxylic acid groups (broad SMARTS) is 1. The molecule has 0 spiro atoms. The highest BCUT2D eigenvalue weighted by Crippen LogP contribution is 2.16. The molecule has 0 radical (unpaired) electrons. The van der Waals surface area contributed by atoms with Gasteiger partial charge in [0.2, 0.25) is 5.91 Å². The Morgan fingerprint density at radius 2 is 2.20 bits per heavy atom. The fourth-order valence-corrected chi connectivity index (χ4v) is 1.96. The van der Waals surface area contributed by atoms with Gasteiger partial charge in [-0.25, -0.2) is 0 Å². The van der Waals surface area contributed by atoms with Crippen LogP contribution in [0.3, 0.4) is 0 Å². The number of carbonyl (C=O) groups excluding carboxylic acids is 1. The number of piperidine rings is 1. The first-order chi connectivity index (χ1) is 7.00. The largest absolute Gasteiger partial charge is 0.480 e. The van der Waals surface area contributed by atoms with Gasteiger partial charge in [0.1, 0.15) is 6.54 Å².